The fourth-order valence-electron chi connectivity index (χ4n) is 4.00. The Labute approximate surface area is 152 Å². The lowest BCUT2D eigenvalue weighted by Gasteiger charge is -2.31. The maximum Gasteiger partial charge on any atom is 0.309 e. The van der Waals surface area contributed by atoms with Crippen molar-refractivity contribution in [2.75, 3.05) is 19.7 Å². The van der Waals surface area contributed by atoms with E-state index in [9.17, 15) is 14.4 Å². The summed E-state index contributed by atoms with van der Waals surface area (Å²) in [5, 5.41) is 6.31. The number of carbonyl (C=O) groups excluding carboxylic acids is 2. The molecule has 0 bridgehead atoms. The zero-order chi connectivity index (χ0) is 18.7. The molecule has 1 saturated heterocycles. The van der Waals surface area contributed by atoms with Gasteiger partial charge in [-0.25, -0.2) is 5.10 Å². The molecule has 2 heterocycles. The van der Waals surface area contributed by atoms with Crippen LogP contribution in [-0.2, 0) is 20.7 Å². The summed E-state index contributed by atoms with van der Waals surface area (Å²) in [5.41, 5.74) is 0.432. The van der Waals surface area contributed by atoms with E-state index in [1.54, 1.807) is 6.07 Å². The van der Waals surface area contributed by atoms with Crippen molar-refractivity contribution in [3.8, 4) is 0 Å². The number of allylic oxidation sites excluding steroid dienone is 1. The molecule has 140 valence electrons. The van der Waals surface area contributed by atoms with Crippen molar-refractivity contribution in [3.63, 3.8) is 0 Å². The summed E-state index contributed by atoms with van der Waals surface area (Å²) in [5.74, 6) is 0.140. The number of carbonyl (C=O) groups is 2. The monoisotopic (exact) mass is 359 g/mol. The van der Waals surface area contributed by atoms with Gasteiger partial charge in [-0.05, 0) is 30.7 Å². The van der Waals surface area contributed by atoms with Gasteiger partial charge in [-0.15, -0.1) is 0 Å². The van der Waals surface area contributed by atoms with Gasteiger partial charge in [0.2, 0.25) is 5.91 Å². The molecule has 7 heteroatoms. The summed E-state index contributed by atoms with van der Waals surface area (Å²) in [6.07, 6.45) is 5.03. The normalized spacial score (nSPS) is 27.2. The zero-order valence-electron chi connectivity index (χ0n) is 15.2. The second-order valence-electron chi connectivity index (χ2n) is 7.06. The van der Waals surface area contributed by atoms with Gasteiger partial charge in [0.15, 0.2) is 0 Å². The third-order valence-corrected chi connectivity index (χ3v) is 5.35. The number of ether oxygens (including phenoxy) is 1. The minimum absolute atomic E-state index is 0.0519. The van der Waals surface area contributed by atoms with E-state index in [0.717, 1.165) is 0 Å². The van der Waals surface area contributed by atoms with E-state index in [2.05, 4.69) is 22.3 Å². The summed E-state index contributed by atoms with van der Waals surface area (Å²) in [4.78, 5) is 37.8. The molecule has 1 aromatic rings. The number of H-pyrrole nitrogens is 1. The number of hydrogen-bond acceptors (Lipinski definition) is 5. The fourth-order valence-corrected chi connectivity index (χ4v) is 4.00. The van der Waals surface area contributed by atoms with Gasteiger partial charge in [0.05, 0.1) is 18.2 Å². The van der Waals surface area contributed by atoms with Crippen LogP contribution in [-0.4, -0.2) is 46.7 Å². The standard InChI is InChI=1S/C19H25N3O4/c1-3-26-19(25)18-12(2)4-5-13-10-22(11-15(13)18)17(24)9-7-14-6-8-16(23)21-20-14/h4-6,8,12-13,15,18H,3,7,9-11H2,1-2H3,(H,21,23)/t12-,13-,15-,18-/m0/s1. The first-order valence-electron chi connectivity index (χ1n) is 9.17. The van der Waals surface area contributed by atoms with Crippen LogP contribution in [0, 0.1) is 23.7 Å². The van der Waals surface area contributed by atoms with Crippen LogP contribution in [0.2, 0.25) is 0 Å². The largest absolute Gasteiger partial charge is 0.466 e. The second kappa shape index (κ2) is 7.85. The van der Waals surface area contributed by atoms with E-state index in [1.165, 1.54) is 6.07 Å². The number of esters is 1. The first-order valence-corrected chi connectivity index (χ1v) is 9.17. The van der Waals surface area contributed by atoms with Crippen molar-refractivity contribution in [1.82, 2.24) is 15.1 Å². The Morgan fingerprint density at radius 2 is 2.12 bits per heavy atom. The summed E-state index contributed by atoms with van der Waals surface area (Å²) in [6, 6.07) is 3.05. The highest BCUT2D eigenvalue weighted by molar-refractivity contribution is 5.78. The number of aryl methyl sites for hydroxylation is 1. The second-order valence-corrected chi connectivity index (χ2v) is 7.06. The number of rotatable bonds is 5. The number of aromatic amines is 1. The quantitative estimate of drug-likeness (QED) is 0.629. The van der Waals surface area contributed by atoms with Crippen LogP contribution >= 0.6 is 0 Å². The predicted octanol–water partition coefficient (Wildman–Crippen LogP) is 1.16. The van der Waals surface area contributed by atoms with Gasteiger partial charge < -0.3 is 9.64 Å². The Hall–Kier alpha value is -2.44. The maximum atomic E-state index is 12.6. The molecule has 0 aromatic carbocycles. The van der Waals surface area contributed by atoms with Gasteiger partial charge >= 0.3 is 5.97 Å². The Morgan fingerprint density at radius 1 is 1.31 bits per heavy atom. The maximum absolute atomic E-state index is 12.6. The Kier molecular flexibility index (Phi) is 5.54. The van der Waals surface area contributed by atoms with Crippen molar-refractivity contribution in [3.05, 3.63) is 40.3 Å². The van der Waals surface area contributed by atoms with Crippen molar-refractivity contribution >= 4 is 11.9 Å². The number of aromatic nitrogens is 2. The number of fused-ring (bicyclic) bond motifs is 1. The van der Waals surface area contributed by atoms with E-state index in [-0.39, 0.29) is 41.1 Å². The summed E-state index contributed by atoms with van der Waals surface area (Å²) in [6.45, 7) is 5.44. The van der Waals surface area contributed by atoms with Crippen molar-refractivity contribution < 1.29 is 14.3 Å². The van der Waals surface area contributed by atoms with Gasteiger partial charge in [0, 0.05) is 32.0 Å². The van der Waals surface area contributed by atoms with Gasteiger partial charge in [0.25, 0.3) is 5.56 Å². The lowest BCUT2D eigenvalue weighted by Crippen LogP contribution is -2.37. The molecule has 1 fully saturated rings. The lowest BCUT2D eigenvalue weighted by atomic mass is 9.72. The molecule has 0 unspecified atom stereocenters. The van der Waals surface area contributed by atoms with Crippen LogP contribution in [0.3, 0.4) is 0 Å². The van der Waals surface area contributed by atoms with E-state index >= 15 is 0 Å². The van der Waals surface area contributed by atoms with Crippen LogP contribution in [0.25, 0.3) is 0 Å². The molecule has 7 nitrogen and oxygen atoms in total. The molecule has 1 aromatic heterocycles. The minimum atomic E-state index is -0.255. The van der Waals surface area contributed by atoms with Crippen molar-refractivity contribution in [1.29, 1.82) is 0 Å². The van der Waals surface area contributed by atoms with Gasteiger partial charge in [-0.3, -0.25) is 14.4 Å². The molecule has 4 atom stereocenters. The Balaban J connectivity index is 1.62. The third kappa shape index (κ3) is 3.86. The van der Waals surface area contributed by atoms with Crippen molar-refractivity contribution in [2.45, 2.75) is 26.7 Å². The average molecular weight is 359 g/mol. The lowest BCUT2D eigenvalue weighted by molar-refractivity contribution is -0.152. The third-order valence-electron chi connectivity index (χ3n) is 5.35. The predicted molar refractivity (Wildman–Crippen MR) is 95.2 cm³/mol. The molecule has 1 aliphatic carbocycles. The van der Waals surface area contributed by atoms with Crippen LogP contribution in [0.5, 0.6) is 0 Å². The topological polar surface area (TPSA) is 92.4 Å². The van der Waals surface area contributed by atoms with Gasteiger partial charge in [-0.2, -0.15) is 5.10 Å². The first kappa shape index (κ1) is 18.4. The molecular weight excluding hydrogens is 334 g/mol. The van der Waals surface area contributed by atoms with Crippen LogP contribution in [0.15, 0.2) is 29.1 Å². The van der Waals surface area contributed by atoms with Crippen molar-refractivity contribution in [2.24, 2.45) is 23.7 Å². The number of likely N-dealkylation sites (tertiary alicyclic amines) is 1. The zero-order valence-corrected chi connectivity index (χ0v) is 15.2. The number of hydrogen-bond donors (Lipinski definition) is 1. The average Bonchev–Trinajstić information content (AvgIpc) is 3.05. The molecule has 26 heavy (non-hydrogen) atoms. The van der Waals surface area contributed by atoms with Crippen LogP contribution in [0.1, 0.15) is 26.0 Å². The summed E-state index contributed by atoms with van der Waals surface area (Å²) < 4.78 is 5.26. The number of nitrogens with one attached hydrogen (secondary N) is 1. The molecular formula is C19H25N3O4. The summed E-state index contributed by atoms with van der Waals surface area (Å²) >= 11 is 0. The number of nitrogens with zero attached hydrogens (tertiary/aromatic N) is 2. The molecule has 3 rings (SSSR count). The minimum Gasteiger partial charge on any atom is -0.466 e. The van der Waals surface area contributed by atoms with E-state index in [0.29, 0.717) is 38.2 Å². The van der Waals surface area contributed by atoms with E-state index in [4.69, 9.17) is 4.74 Å². The Bertz CT molecular complexity index is 737. The molecule has 1 aliphatic heterocycles. The molecule has 0 radical (unpaired) electrons. The first-order chi connectivity index (χ1) is 12.5. The molecule has 0 saturated carbocycles. The SMILES string of the molecule is CCOC(=O)[C@@H]1[C@H]2CN(C(=O)CCc3ccc(=O)[nH]n3)C[C@@H]2C=C[C@@H]1C. The highest BCUT2D eigenvalue weighted by atomic mass is 16.5. The molecule has 1 N–H and O–H groups in total. The fraction of sp³-hybridized carbons (Fsp3) is 0.579. The molecule has 0 spiro atoms. The smallest absolute Gasteiger partial charge is 0.309 e. The highest BCUT2D eigenvalue weighted by Gasteiger charge is 2.45. The highest BCUT2D eigenvalue weighted by Crippen LogP contribution is 2.40. The van der Waals surface area contributed by atoms with Crippen LogP contribution < -0.4 is 5.56 Å². The number of amides is 1. The van der Waals surface area contributed by atoms with Gasteiger partial charge in [-0.1, -0.05) is 19.1 Å². The van der Waals surface area contributed by atoms with Gasteiger partial charge in [0.1, 0.15) is 0 Å². The summed E-state index contributed by atoms with van der Waals surface area (Å²) in [7, 11) is 0. The molecule has 1 amide bonds. The van der Waals surface area contributed by atoms with E-state index in [1.807, 2.05) is 18.7 Å². The Morgan fingerprint density at radius 3 is 2.81 bits per heavy atom. The van der Waals surface area contributed by atoms with Crippen LogP contribution in [0.4, 0.5) is 0 Å². The van der Waals surface area contributed by atoms with E-state index < -0.39 is 0 Å². The molecule has 2 aliphatic rings.